The van der Waals surface area contributed by atoms with E-state index in [1.807, 2.05) is 6.92 Å². The molecule has 0 aliphatic carbocycles. The first kappa shape index (κ1) is 16.1. The molecule has 1 aromatic rings. The second-order valence-electron chi connectivity index (χ2n) is 4.27. The Balaban J connectivity index is 2.62. The molecule has 3 N–H and O–H groups in total. The van der Waals surface area contributed by atoms with Crippen LogP contribution in [0.2, 0.25) is 0 Å². The molecule has 0 saturated carbocycles. The molecule has 0 aliphatic rings. The largest absolute Gasteiger partial charge is 0.480 e. The van der Waals surface area contributed by atoms with Crippen molar-refractivity contribution >= 4 is 21.9 Å². The first-order valence-electron chi connectivity index (χ1n) is 5.81. The molecule has 0 fully saturated rings. The fourth-order valence-electron chi connectivity index (χ4n) is 1.32. The molecule has 110 valence electrons. The average Bonchev–Trinajstić information content (AvgIpc) is 2.37. The van der Waals surface area contributed by atoms with Gasteiger partial charge in [-0.2, -0.15) is 0 Å². The first-order chi connectivity index (χ1) is 9.22. The van der Waals surface area contributed by atoms with Gasteiger partial charge in [-0.25, -0.2) is 13.1 Å². The Morgan fingerprint density at radius 3 is 2.30 bits per heavy atom. The fourth-order valence-corrected chi connectivity index (χ4v) is 2.30. The third kappa shape index (κ3) is 4.63. The highest BCUT2D eigenvalue weighted by molar-refractivity contribution is 7.89. The summed E-state index contributed by atoms with van der Waals surface area (Å²) in [6, 6.07) is 5.05. The van der Waals surface area contributed by atoms with Crippen molar-refractivity contribution in [2.45, 2.75) is 24.8 Å². The van der Waals surface area contributed by atoms with Crippen LogP contribution in [0.25, 0.3) is 0 Å². The highest BCUT2D eigenvalue weighted by Crippen LogP contribution is 2.09. The first-order valence-corrected chi connectivity index (χ1v) is 7.29. The van der Waals surface area contributed by atoms with Gasteiger partial charge >= 0.3 is 5.97 Å². The minimum atomic E-state index is -3.79. The van der Waals surface area contributed by atoms with Crippen molar-refractivity contribution in [2.75, 3.05) is 6.54 Å². The van der Waals surface area contributed by atoms with Crippen LogP contribution in [-0.4, -0.2) is 38.0 Å². The lowest BCUT2D eigenvalue weighted by Gasteiger charge is -2.10. The molecular weight excluding hydrogens is 284 g/mol. The Kier molecular flexibility index (Phi) is 5.23. The van der Waals surface area contributed by atoms with E-state index in [2.05, 4.69) is 10.0 Å². The maximum atomic E-state index is 11.9. The van der Waals surface area contributed by atoms with Crippen molar-refractivity contribution < 1.29 is 23.1 Å². The molecule has 8 heteroatoms. The van der Waals surface area contributed by atoms with E-state index in [4.69, 9.17) is 5.11 Å². The van der Waals surface area contributed by atoms with Crippen LogP contribution in [-0.2, 0) is 19.6 Å². The van der Waals surface area contributed by atoms with Gasteiger partial charge in [0, 0.05) is 0 Å². The number of hydrogen-bond acceptors (Lipinski definition) is 4. The quantitative estimate of drug-likeness (QED) is 0.677. The predicted molar refractivity (Wildman–Crippen MR) is 71.6 cm³/mol. The summed E-state index contributed by atoms with van der Waals surface area (Å²) in [6.45, 7) is 2.59. The topological polar surface area (TPSA) is 113 Å². The predicted octanol–water partition coefficient (Wildman–Crippen LogP) is -0.137. The van der Waals surface area contributed by atoms with Gasteiger partial charge in [-0.1, -0.05) is 17.7 Å². The number of hydrogen-bond donors (Lipinski definition) is 3. The number of carbonyl (C=O) groups excluding carboxylic acids is 1. The molecule has 0 bridgehead atoms. The zero-order valence-corrected chi connectivity index (χ0v) is 11.9. The smallest absolute Gasteiger partial charge is 0.325 e. The highest BCUT2D eigenvalue weighted by Gasteiger charge is 2.18. The molecule has 0 saturated heterocycles. The second kappa shape index (κ2) is 6.49. The van der Waals surface area contributed by atoms with Gasteiger partial charge < -0.3 is 10.4 Å². The average molecular weight is 300 g/mol. The molecule has 0 heterocycles. The zero-order valence-electron chi connectivity index (χ0n) is 11.1. The van der Waals surface area contributed by atoms with E-state index >= 15 is 0 Å². The van der Waals surface area contributed by atoms with Crippen molar-refractivity contribution in [3.05, 3.63) is 29.8 Å². The number of aliphatic carboxylic acids is 1. The Morgan fingerprint density at radius 1 is 1.25 bits per heavy atom. The van der Waals surface area contributed by atoms with Gasteiger partial charge in [0.05, 0.1) is 11.4 Å². The number of nitrogens with one attached hydrogen (secondary N) is 2. The Hall–Kier alpha value is -1.93. The van der Waals surface area contributed by atoms with Crippen molar-refractivity contribution in [1.82, 2.24) is 10.0 Å². The Bertz CT molecular complexity index is 595. The molecule has 1 rings (SSSR count). The molecule has 1 amide bonds. The number of carboxylic acid groups (broad SMARTS) is 1. The lowest BCUT2D eigenvalue weighted by molar-refractivity contribution is -0.141. The molecule has 0 aliphatic heterocycles. The summed E-state index contributed by atoms with van der Waals surface area (Å²) in [4.78, 5) is 22.0. The van der Waals surface area contributed by atoms with E-state index in [1.165, 1.54) is 19.1 Å². The van der Waals surface area contributed by atoms with Gasteiger partial charge in [-0.05, 0) is 26.0 Å². The van der Waals surface area contributed by atoms with Crippen LogP contribution < -0.4 is 10.0 Å². The number of amides is 1. The number of sulfonamides is 1. The summed E-state index contributed by atoms with van der Waals surface area (Å²) in [5, 5.41) is 10.8. The van der Waals surface area contributed by atoms with Crippen molar-refractivity contribution in [2.24, 2.45) is 0 Å². The van der Waals surface area contributed by atoms with Crippen LogP contribution in [0.4, 0.5) is 0 Å². The fraction of sp³-hybridized carbons (Fsp3) is 0.333. The lowest BCUT2D eigenvalue weighted by Crippen LogP contribution is -2.43. The lowest BCUT2D eigenvalue weighted by atomic mass is 10.2. The standard InChI is InChI=1S/C12H16N2O5S/c1-8-3-5-10(6-4-8)20(18,19)13-7-11(15)14-9(2)12(16)17/h3-6,9,13H,7H2,1-2H3,(H,14,15)(H,16,17)/t9-/m0/s1. The van der Waals surface area contributed by atoms with Gasteiger partial charge in [0.1, 0.15) is 6.04 Å². The summed E-state index contributed by atoms with van der Waals surface area (Å²) in [5.74, 6) is -1.91. The third-order valence-electron chi connectivity index (χ3n) is 2.50. The van der Waals surface area contributed by atoms with Crippen LogP contribution in [0.5, 0.6) is 0 Å². The van der Waals surface area contributed by atoms with Crippen molar-refractivity contribution in [1.29, 1.82) is 0 Å². The van der Waals surface area contributed by atoms with E-state index < -0.39 is 34.5 Å². The third-order valence-corrected chi connectivity index (χ3v) is 3.92. The minimum absolute atomic E-state index is 0.0437. The molecular formula is C12H16N2O5S. The van der Waals surface area contributed by atoms with Crippen molar-refractivity contribution in [3.63, 3.8) is 0 Å². The number of carbonyl (C=O) groups is 2. The molecule has 7 nitrogen and oxygen atoms in total. The summed E-state index contributed by atoms with van der Waals surface area (Å²) in [5.41, 5.74) is 0.914. The molecule has 20 heavy (non-hydrogen) atoms. The molecule has 1 atom stereocenters. The summed E-state index contributed by atoms with van der Waals surface area (Å²) >= 11 is 0. The van der Waals surface area contributed by atoms with Crippen LogP contribution in [0.15, 0.2) is 29.2 Å². The highest BCUT2D eigenvalue weighted by atomic mass is 32.2. The van der Waals surface area contributed by atoms with E-state index in [9.17, 15) is 18.0 Å². The number of carboxylic acids is 1. The van der Waals surface area contributed by atoms with E-state index in [0.29, 0.717) is 0 Å². The minimum Gasteiger partial charge on any atom is -0.480 e. The zero-order chi connectivity index (χ0) is 15.3. The van der Waals surface area contributed by atoms with Gasteiger partial charge in [0.2, 0.25) is 15.9 Å². The van der Waals surface area contributed by atoms with Crippen LogP contribution >= 0.6 is 0 Å². The molecule has 0 aromatic heterocycles. The van der Waals surface area contributed by atoms with Gasteiger partial charge in [0.25, 0.3) is 0 Å². The molecule has 0 radical (unpaired) electrons. The molecule has 1 aromatic carbocycles. The van der Waals surface area contributed by atoms with Gasteiger partial charge in [-0.15, -0.1) is 0 Å². The molecule has 0 unspecified atom stereocenters. The van der Waals surface area contributed by atoms with Crippen molar-refractivity contribution in [3.8, 4) is 0 Å². The SMILES string of the molecule is Cc1ccc(S(=O)(=O)NCC(=O)N[C@@H](C)C(=O)O)cc1. The van der Waals surface area contributed by atoms with Gasteiger partial charge in [-0.3, -0.25) is 9.59 Å². The maximum absolute atomic E-state index is 11.9. The van der Waals surface area contributed by atoms with Crippen LogP contribution in [0.1, 0.15) is 12.5 Å². The van der Waals surface area contributed by atoms with Crippen LogP contribution in [0, 0.1) is 6.92 Å². The number of aryl methyl sites for hydroxylation is 1. The second-order valence-corrected chi connectivity index (χ2v) is 6.03. The number of benzene rings is 1. The van der Waals surface area contributed by atoms with Crippen LogP contribution in [0.3, 0.4) is 0 Å². The van der Waals surface area contributed by atoms with E-state index in [1.54, 1.807) is 12.1 Å². The van der Waals surface area contributed by atoms with Gasteiger partial charge in [0.15, 0.2) is 0 Å². The normalized spacial score (nSPS) is 12.7. The number of rotatable bonds is 6. The summed E-state index contributed by atoms with van der Waals surface area (Å²) in [6.07, 6.45) is 0. The summed E-state index contributed by atoms with van der Waals surface area (Å²) < 4.78 is 25.8. The summed E-state index contributed by atoms with van der Waals surface area (Å²) in [7, 11) is -3.79. The van der Waals surface area contributed by atoms with E-state index in [-0.39, 0.29) is 4.90 Å². The maximum Gasteiger partial charge on any atom is 0.325 e. The van der Waals surface area contributed by atoms with E-state index in [0.717, 1.165) is 5.56 Å². The Labute approximate surface area is 117 Å². The molecule has 0 spiro atoms. The monoisotopic (exact) mass is 300 g/mol. The Morgan fingerprint density at radius 2 is 1.80 bits per heavy atom.